The minimum Gasteiger partial charge on any atom is -0.465 e. The van der Waals surface area contributed by atoms with E-state index in [0.29, 0.717) is 12.6 Å². The Kier molecular flexibility index (Phi) is 6.01. The maximum absolute atomic E-state index is 13.2. The van der Waals surface area contributed by atoms with Crippen LogP contribution in [0, 0.1) is 17.1 Å². The van der Waals surface area contributed by atoms with Crippen molar-refractivity contribution in [3.05, 3.63) is 35.6 Å². The zero-order chi connectivity index (χ0) is 19.4. The highest BCUT2D eigenvalue weighted by Crippen LogP contribution is 2.40. The van der Waals surface area contributed by atoms with Crippen LogP contribution in [0.5, 0.6) is 0 Å². The van der Waals surface area contributed by atoms with Gasteiger partial charge in [0.2, 0.25) is 0 Å². The summed E-state index contributed by atoms with van der Waals surface area (Å²) in [6.07, 6.45) is 4.18. The quantitative estimate of drug-likeness (QED) is 0.870. The van der Waals surface area contributed by atoms with Crippen molar-refractivity contribution in [3.63, 3.8) is 0 Å². The van der Waals surface area contributed by atoms with Gasteiger partial charge in [0.15, 0.2) is 0 Å². The van der Waals surface area contributed by atoms with Crippen LogP contribution >= 0.6 is 0 Å². The van der Waals surface area contributed by atoms with Crippen molar-refractivity contribution < 1.29 is 14.3 Å². The molecule has 1 heterocycles. The van der Waals surface area contributed by atoms with Crippen LogP contribution in [0.4, 0.5) is 9.18 Å². The molecule has 1 amide bonds. The number of hydrogen-bond acceptors (Lipinski definition) is 3. The fraction of sp³-hybridized carbons (Fsp3) is 0.619. The molecule has 5 nitrogen and oxygen atoms in total. The van der Waals surface area contributed by atoms with E-state index in [-0.39, 0.29) is 11.9 Å². The average Bonchev–Trinajstić information content (AvgIpc) is 2.91. The normalized spacial score (nSPS) is 29.7. The molecule has 146 valence electrons. The van der Waals surface area contributed by atoms with Crippen molar-refractivity contribution >= 4 is 6.09 Å². The fourth-order valence-corrected chi connectivity index (χ4v) is 4.71. The maximum atomic E-state index is 13.2. The number of carboxylic acid groups (broad SMARTS) is 1. The number of halogens is 1. The van der Waals surface area contributed by atoms with Gasteiger partial charge in [-0.3, -0.25) is 4.90 Å². The van der Waals surface area contributed by atoms with Crippen LogP contribution in [0.25, 0.3) is 0 Å². The molecule has 3 rings (SSSR count). The molecule has 1 saturated carbocycles. The predicted octanol–water partition coefficient (Wildman–Crippen LogP) is 3.99. The molecule has 6 heteroatoms. The van der Waals surface area contributed by atoms with E-state index in [9.17, 15) is 19.6 Å². The zero-order valence-corrected chi connectivity index (χ0v) is 15.9. The number of nitriles is 1. The van der Waals surface area contributed by atoms with Crippen LogP contribution < -0.4 is 0 Å². The van der Waals surface area contributed by atoms with Crippen molar-refractivity contribution in [2.75, 3.05) is 19.6 Å². The molecule has 1 aliphatic heterocycles. The Balaban J connectivity index is 1.68. The molecule has 1 unspecified atom stereocenters. The van der Waals surface area contributed by atoms with E-state index >= 15 is 0 Å². The van der Waals surface area contributed by atoms with Gasteiger partial charge in [0.25, 0.3) is 0 Å². The van der Waals surface area contributed by atoms with Crippen molar-refractivity contribution in [1.82, 2.24) is 9.80 Å². The summed E-state index contributed by atoms with van der Waals surface area (Å²) in [5.41, 5.74) is 0.372. The molecule has 0 aromatic heterocycles. The molecule has 1 N–H and O–H groups in total. The molecule has 1 saturated heterocycles. The standard InChI is InChI=1S/C21H28FN3O2/c1-2-18-14-24(12-3-13-25(18)20(26)27)19-8-10-21(15-23,11-9-19)16-4-6-17(22)7-5-16/h4-7,18-19H,2-3,8-14H2,1H3,(H,26,27). The molecule has 2 fully saturated rings. The molecule has 0 radical (unpaired) electrons. The van der Waals surface area contributed by atoms with E-state index in [1.54, 1.807) is 17.0 Å². The summed E-state index contributed by atoms with van der Waals surface area (Å²) in [6, 6.07) is 9.26. The number of hydrogen-bond donors (Lipinski definition) is 1. The lowest BCUT2D eigenvalue weighted by atomic mass is 9.69. The Bertz CT molecular complexity index is 692. The Hall–Kier alpha value is -2.13. The van der Waals surface area contributed by atoms with E-state index in [1.165, 1.54) is 12.1 Å². The zero-order valence-electron chi connectivity index (χ0n) is 15.9. The lowest BCUT2D eigenvalue weighted by Gasteiger charge is -2.41. The summed E-state index contributed by atoms with van der Waals surface area (Å²) in [4.78, 5) is 15.5. The Labute approximate surface area is 160 Å². The van der Waals surface area contributed by atoms with E-state index in [4.69, 9.17) is 0 Å². The van der Waals surface area contributed by atoms with Gasteiger partial charge in [0.05, 0.1) is 11.5 Å². The number of nitrogens with zero attached hydrogens (tertiary/aromatic N) is 3. The Morgan fingerprint density at radius 2 is 1.96 bits per heavy atom. The largest absolute Gasteiger partial charge is 0.465 e. The highest BCUT2D eigenvalue weighted by molar-refractivity contribution is 5.65. The monoisotopic (exact) mass is 373 g/mol. The average molecular weight is 373 g/mol. The van der Waals surface area contributed by atoms with E-state index < -0.39 is 11.5 Å². The van der Waals surface area contributed by atoms with Crippen LogP contribution in [-0.2, 0) is 5.41 Å². The molecule has 1 aliphatic carbocycles. The second-order valence-corrected chi connectivity index (χ2v) is 7.82. The number of rotatable bonds is 3. The smallest absolute Gasteiger partial charge is 0.407 e. The third kappa shape index (κ3) is 4.08. The summed E-state index contributed by atoms with van der Waals surface area (Å²) in [6.45, 7) is 4.31. The minimum absolute atomic E-state index is 0.0322. The van der Waals surface area contributed by atoms with Crippen molar-refractivity contribution in [2.45, 2.75) is 62.9 Å². The fourth-order valence-electron chi connectivity index (χ4n) is 4.71. The van der Waals surface area contributed by atoms with E-state index in [0.717, 1.165) is 57.2 Å². The first-order valence-electron chi connectivity index (χ1n) is 9.90. The van der Waals surface area contributed by atoms with Crippen molar-refractivity contribution in [1.29, 1.82) is 5.26 Å². The number of carbonyl (C=O) groups is 1. The third-order valence-electron chi connectivity index (χ3n) is 6.38. The Morgan fingerprint density at radius 1 is 1.30 bits per heavy atom. The van der Waals surface area contributed by atoms with E-state index in [2.05, 4.69) is 11.0 Å². The highest BCUT2D eigenvalue weighted by Gasteiger charge is 2.40. The molecule has 0 spiro atoms. The maximum Gasteiger partial charge on any atom is 0.407 e. The second kappa shape index (κ2) is 8.26. The van der Waals surface area contributed by atoms with Crippen LogP contribution in [0.15, 0.2) is 24.3 Å². The molecule has 27 heavy (non-hydrogen) atoms. The van der Waals surface area contributed by atoms with Gasteiger partial charge in [0.1, 0.15) is 5.82 Å². The molecule has 1 aromatic rings. The molecule has 1 aromatic carbocycles. The minimum atomic E-state index is -0.827. The van der Waals surface area contributed by atoms with Gasteiger partial charge in [-0.15, -0.1) is 0 Å². The van der Waals surface area contributed by atoms with E-state index in [1.807, 2.05) is 6.92 Å². The molecular weight excluding hydrogens is 345 g/mol. The SMILES string of the molecule is CCC1CN(C2CCC(C#N)(c3ccc(F)cc3)CC2)CCCN1C(=O)O. The lowest BCUT2D eigenvalue weighted by Crippen LogP contribution is -2.47. The first kappa shape index (κ1) is 19.6. The Morgan fingerprint density at radius 3 is 2.52 bits per heavy atom. The van der Waals surface area contributed by atoms with Gasteiger partial charge < -0.3 is 10.0 Å². The summed E-state index contributed by atoms with van der Waals surface area (Å²) < 4.78 is 13.2. The third-order valence-corrected chi connectivity index (χ3v) is 6.38. The second-order valence-electron chi connectivity index (χ2n) is 7.82. The first-order valence-corrected chi connectivity index (χ1v) is 9.90. The molecule has 1 atom stereocenters. The number of benzene rings is 1. The van der Waals surface area contributed by atoms with Crippen LogP contribution in [-0.4, -0.2) is 52.7 Å². The highest BCUT2D eigenvalue weighted by atomic mass is 19.1. The van der Waals surface area contributed by atoms with Crippen molar-refractivity contribution in [3.8, 4) is 6.07 Å². The van der Waals surface area contributed by atoms with Gasteiger partial charge in [-0.25, -0.2) is 9.18 Å². The van der Waals surface area contributed by atoms with Crippen LogP contribution in [0.1, 0.15) is 51.0 Å². The summed E-state index contributed by atoms with van der Waals surface area (Å²) >= 11 is 0. The molecular formula is C21H28FN3O2. The molecule has 2 aliphatic rings. The van der Waals surface area contributed by atoms with Crippen LogP contribution in [0.2, 0.25) is 0 Å². The van der Waals surface area contributed by atoms with Gasteiger partial charge in [-0.1, -0.05) is 19.1 Å². The van der Waals surface area contributed by atoms with Crippen molar-refractivity contribution in [2.24, 2.45) is 0 Å². The van der Waals surface area contributed by atoms with Gasteiger partial charge in [-0.2, -0.15) is 5.26 Å². The van der Waals surface area contributed by atoms with Gasteiger partial charge >= 0.3 is 6.09 Å². The summed E-state index contributed by atoms with van der Waals surface area (Å²) in [7, 11) is 0. The van der Waals surface area contributed by atoms with Gasteiger partial charge in [0, 0.05) is 31.7 Å². The first-order chi connectivity index (χ1) is 13.0. The molecule has 0 bridgehead atoms. The topological polar surface area (TPSA) is 67.6 Å². The number of amides is 1. The van der Waals surface area contributed by atoms with Crippen LogP contribution in [0.3, 0.4) is 0 Å². The summed E-state index contributed by atoms with van der Waals surface area (Å²) in [5.74, 6) is -0.279. The van der Waals surface area contributed by atoms with Gasteiger partial charge in [-0.05, 0) is 56.2 Å². The predicted molar refractivity (Wildman–Crippen MR) is 101 cm³/mol. The lowest BCUT2D eigenvalue weighted by molar-refractivity contribution is 0.101. The summed E-state index contributed by atoms with van der Waals surface area (Å²) in [5, 5.41) is 19.3.